The molecule has 0 atom stereocenters. The molecule has 1 amide bonds. The molecule has 2 fully saturated rings. The standard InChI is InChI=1S/C21H22N6O.2C2H6/c28-21(25-14-2-1-3-14)16-12-23-20(10-18(16)24-15-5-6-15)27-19-7-4-13-11-22-9-8-17(13)26-19;2*1-2/h4,7-12,14-15H,1-3,5-6H2,(H,25,28)(H2,23,24,26,27);2*1-2H3. The van der Waals surface area contributed by atoms with Gasteiger partial charge in [0.1, 0.15) is 11.6 Å². The molecule has 0 aliphatic heterocycles. The summed E-state index contributed by atoms with van der Waals surface area (Å²) in [6.45, 7) is 8.00. The summed E-state index contributed by atoms with van der Waals surface area (Å²) in [5.41, 5.74) is 2.29. The highest BCUT2D eigenvalue weighted by Gasteiger charge is 2.26. The van der Waals surface area contributed by atoms with Crippen molar-refractivity contribution >= 4 is 34.1 Å². The Kier molecular flexibility index (Phi) is 8.36. The van der Waals surface area contributed by atoms with Crippen molar-refractivity contribution < 1.29 is 4.79 Å². The Morgan fingerprint density at radius 2 is 1.72 bits per heavy atom. The summed E-state index contributed by atoms with van der Waals surface area (Å²) >= 11 is 0. The molecule has 3 aromatic heterocycles. The van der Waals surface area contributed by atoms with Gasteiger partial charge >= 0.3 is 0 Å². The molecule has 7 nitrogen and oxygen atoms in total. The van der Waals surface area contributed by atoms with E-state index in [0.29, 0.717) is 29.3 Å². The summed E-state index contributed by atoms with van der Waals surface area (Å²) in [5.74, 6) is 1.31. The van der Waals surface area contributed by atoms with E-state index in [2.05, 4.69) is 30.9 Å². The number of anilines is 3. The van der Waals surface area contributed by atoms with Crippen LogP contribution in [0.25, 0.3) is 10.9 Å². The molecule has 0 radical (unpaired) electrons. The maximum Gasteiger partial charge on any atom is 0.255 e. The first-order chi connectivity index (χ1) is 15.7. The SMILES string of the molecule is CC.CC.O=C(NC1CCC1)c1cnc(Nc2ccc3cnccc3n2)cc1NC1CC1. The molecular weight excluding hydrogens is 400 g/mol. The van der Waals surface area contributed by atoms with Crippen LogP contribution in [0.4, 0.5) is 17.3 Å². The number of carbonyl (C=O) groups is 1. The van der Waals surface area contributed by atoms with Gasteiger partial charge in [-0.25, -0.2) is 9.97 Å². The molecule has 3 aromatic rings. The second kappa shape index (κ2) is 11.4. The average Bonchev–Trinajstić information content (AvgIpc) is 3.63. The van der Waals surface area contributed by atoms with Crippen LogP contribution in [0.1, 0.15) is 70.2 Å². The fourth-order valence-corrected chi connectivity index (χ4v) is 3.25. The van der Waals surface area contributed by atoms with Crippen LogP contribution in [0, 0.1) is 0 Å². The lowest BCUT2D eigenvalue weighted by Crippen LogP contribution is -2.39. The minimum absolute atomic E-state index is 0.0526. The summed E-state index contributed by atoms with van der Waals surface area (Å²) in [6.07, 6.45) is 10.7. The van der Waals surface area contributed by atoms with Gasteiger partial charge < -0.3 is 16.0 Å². The number of aromatic nitrogens is 3. The number of hydrogen-bond donors (Lipinski definition) is 3. The normalized spacial score (nSPS) is 14.8. The second-order valence-electron chi connectivity index (χ2n) is 7.52. The third-order valence-electron chi connectivity index (χ3n) is 5.27. The Bertz CT molecular complexity index is 1030. The van der Waals surface area contributed by atoms with Gasteiger partial charge in [0, 0.05) is 42.1 Å². The third-order valence-corrected chi connectivity index (χ3v) is 5.27. The first-order valence-electron chi connectivity index (χ1n) is 11.8. The van der Waals surface area contributed by atoms with Crippen LogP contribution in [0.15, 0.2) is 42.9 Å². The van der Waals surface area contributed by atoms with Crippen molar-refractivity contribution in [1.82, 2.24) is 20.3 Å². The Hall–Kier alpha value is -3.22. The van der Waals surface area contributed by atoms with Crippen LogP contribution in [0.5, 0.6) is 0 Å². The van der Waals surface area contributed by atoms with Crippen molar-refractivity contribution in [2.75, 3.05) is 10.6 Å². The fraction of sp³-hybridized carbons (Fsp3) is 0.440. The van der Waals surface area contributed by atoms with Crippen LogP contribution in [-0.4, -0.2) is 32.9 Å². The Balaban J connectivity index is 0.000000686. The molecule has 0 bridgehead atoms. The minimum atomic E-state index is -0.0526. The third kappa shape index (κ3) is 5.93. The first-order valence-corrected chi connectivity index (χ1v) is 11.8. The lowest BCUT2D eigenvalue weighted by atomic mass is 9.93. The number of fused-ring (bicyclic) bond motifs is 1. The van der Waals surface area contributed by atoms with E-state index >= 15 is 0 Å². The molecule has 3 heterocycles. The Labute approximate surface area is 190 Å². The minimum Gasteiger partial charge on any atom is -0.382 e. The van der Waals surface area contributed by atoms with Crippen molar-refractivity contribution in [3.8, 4) is 0 Å². The molecule has 2 aliphatic carbocycles. The zero-order valence-electron chi connectivity index (χ0n) is 19.5. The molecule has 0 saturated heterocycles. The van der Waals surface area contributed by atoms with Gasteiger partial charge in [0.2, 0.25) is 0 Å². The number of amides is 1. The van der Waals surface area contributed by atoms with E-state index in [1.165, 1.54) is 6.42 Å². The van der Waals surface area contributed by atoms with Crippen LogP contribution >= 0.6 is 0 Å². The van der Waals surface area contributed by atoms with E-state index in [4.69, 9.17) is 0 Å². The molecule has 7 heteroatoms. The van der Waals surface area contributed by atoms with Crippen molar-refractivity contribution in [3.63, 3.8) is 0 Å². The van der Waals surface area contributed by atoms with Crippen LogP contribution in [0.2, 0.25) is 0 Å². The van der Waals surface area contributed by atoms with Gasteiger partial charge in [0.25, 0.3) is 5.91 Å². The topological polar surface area (TPSA) is 91.8 Å². The van der Waals surface area contributed by atoms with E-state index in [0.717, 1.165) is 42.3 Å². The number of nitrogens with one attached hydrogen (secondary N) is 3. The molecule has 5 rings (SSSR count). The second-order valence-corrected chi connectivity index (χ2v) is 7.52. The van der Waals surface area contributed by atoms with Gasteiger partial charge in [-0.2, -0.15) is 0 Å². The zero-order chi connectivity index (χ0) is 22.9. The summed E-state index contributed by atoms with van der Waals surface area (Å²) in [4.78, 5) is 25.8. The number of rotatable bonds is 6. The van der Waals surface area contributed by atoms with Crippen LogP contribution in [0.3, 0.4) is 0 Å². The van der Waals surface area contributed by atoms with Crippen molar-refractivity contribution in [3.05, 3.63) is 48.4 Å². The van der Waals surface area contributed by atoms with E-state index in [-0.39, 0.29) is 5.91 Å². The predicted molar refractivity (Wildman–Crippen MR) is 132 cm³/mol. The predicted octanol–water partition coefficient (Wildman–Crippen LogP) is 5.68. The van der Waals surface area contributed by atoms with Crippen LogP contribution < -0.4 is 16.0 Å². The van der Waals surface area contributed by atoms with E-state index in [1.54, 1.807) is 18.6 Å². The van der Waals surface area contributed by atoms with Gasteiger partial charge in [-0.05, 0) is 50.3 Å². The van der Waals surface area contributed by atoms with E-state index in [9.17, 15) is 4.79 Å². The van der Waals surface area contributed by atoms with Gasteiger partial charge in [0.15, 0.2) is 0 Å². The number of nitrogens with zero attached hydrogens (tertiary/aromatic N) is 3. The quantitative estimate of drug-likeness (QED) is 0.462. The fourth-order valence-electron chi connectivity index (χ4n) is 3.25. The Morgan fingerprint density at radius 1 is 0.938 bits per heavy atom. The highest BCUT2D eigenvalue weighted by Crippen LogP contribution is 2.29. The molecule has 0 unspecified atom stereocenters. The lowest BCUT2D eigenvalue weighted by molar-refractivity contribution is 0.0917. The van der Waals surface area contributed by atoms with Gasteiger partial charge in [0.05, 0.1) is 16.8 Å². The summed E-state index contributed by atoms with van der Waals surface area (Å²) in [5, 5.41) is 10.8. The molecule has 32 heavy (non-hydrogen) atoms. The van der Waals surface area contributed by atoms with Gasteiger partial charge in [-0.3, -0.25) is 9.78 Å². The zero-order valence-corrected chi connectivity index (χ0v) is 19.5. The largest absolute Gasteiger partial charge is 0.382 e. The lowest BCUT2D eigenvalue weighted by Gasteiger charge is -2.26. The monoisotopic (exact) mass is 434 g/mol. The molecule has 3 N–H and O–H groups in total. The summed E-state index contributed by atoms with van der Waals surface area (Å²) in [7, 11) is 0. The smallest absolute Gasteiger partial charge is 0.255 e. The maximum atomic E-state index is 12.7. The molecule has 0 spiro atoms. The van der Waals surface area contributed by atoms with Gasteiger partial charge in [-0.1, -0.05) is 27.7 Å². The summed E-state index contributed by atoms with van der Waals surface area (Å²) in [6, 6.07) is 8.39. The first kappa shape index (κ1) is 23.4. The molecule has 2 saturated carbocycles. The number of carbonyl (C=O) groups excluding carboxylic acids is 1. The van der Waals surface area contributed by atoms with Crippen molar-refractivity contribution in [2.24, 2.45) is 0 Å². The van der Waals surface area contributed by atoms with E-state index < -0.39 is 0 Å². The van der Waals surface area contributed by atoms with Crippen molar-refractivity contribution in [2.45, 2.75) is 71.9 Å². The molecule has 0 aromatic carbocycles. The van der Waals surface area contributed by atoms with Crippen molar-refractivity contribution in [1.29, 1.82) is 0 Å². The highest BCUT2D eigenvalue weighted by molar-refractivity contribution is 6.00. The number of hydrogen-bond acceptors (Lipinski definition) is 6. The maximum absolute atomic E-state index is 12.7. The van der Waals surface area contributed by atoms with E-state index in [1.807, 2.05) is 52.0 Å². The average molecular weight is 435 g/mol. The highest BCUT2D eigenvalue weighted by atomic mass is 16.1. The van der Waals surface area contributed by atoms with Crippen LogP contribution in [-0.2, 0) is 0 Å². The Morgan fingerprint density at radius 3 is 2.41 bits per heavy atom. The number of pyridine rings is 3. The summed E-state index contributed by atoms with van der Waals surface area (Å²) < 4.78 is 0. The molecule has 2 aliphatic rings. The van der Waals surface area contributed by atoms with Gasteiger partial charge in [-0.15, -0.1) is 0 Å². The molecular formula is C25H34N6O. The molecule has 170 valence electrons.